The molecule has 0 aliphatic rings. The zero-order valence-electron chi connectivity index (χ0n) is 29.2. The lowest BCUT2D eigenvalue weighted by Gasteiger charge is -2.18. The second-order valence-corrected chi connectivity index (χ2v) is 13.9. The molecule has 3 heteroatoms. The van der Waals surface area contributed by atoms with Crippen molar-refractivity contribution in [2.24, 2.45) is 0 Å². The molecule has 250 valence electrons. The molecule has 3 nitrogen and oxygen atoms in total. The number of fused-ring (bicyclic) bond motifs is 12. The molecule has 1 aromatic heterocycles. The van der Waals surface area contributed by atoms with Gasteiger partial charge in [-0.25, -0.2) is 15.0 Å². The SMILES string of the molecule is c1ccc(-c2nc(-c3ccccc3)nc(-c3cc(-c4ccc5c6ccccc6c6ccccc6c5c4)c4c5ccccc5c5ccccc5c4c3)n2)cc1. The smallest absolute Gasteiger partial charge is 0.164 e. The molecule has 0 N–H and O–H groups in total. The Labute approximate surface area is 311 Å². The predicted octanol–water partition coefficient (Wildman–Crippen LogP) is 13.5. The largest absolute Gasteiger partial charge is 0.208 e. The Morgan fingerprint density at radius 3 is 1.07 bits per heavy atom. The molecule has 1 heterocycles. The van der Waals surface area contributed by atoms with Crippen molar-refractivity contribution in [3.8, 4) is 45.3 Å². The minimum atomic E-state index is 0.639. The van der Waals surface area contributed by atoms with Crippen molar-refractivity contribution in [3.05, 3.63) is 188 Å². The first kappa shape index (κ1) is 30.4. The number of hydrogen-bond acceptors (Lipinski definition) is 3. The van der Waals surface area contributed by atoms with Gasteiger partial charge in [0.1, 0.15) is 0 Å². The number of benzene rings is 10. The Kier molecular flexibility index (Phi) is 6.86. The van der Waals surface area contributed by atoms with Gasteiger partial charge in [0, 0.05) is 16.7 Å². The molecule has 0 radical (unpaired) electrons. The van der Waals surface area contributed by atoms with Crippen LogP contribution >= 0.6 is 0 Å². The van der Waals surface area contributed by atoms with Gasteiger partial charge in [0.2, 0.25) is 0 Å². The summed E-state index contributed by atoms with van der Waals surface area (Å²) in [5.41, 5.74) is 5.13. The highest BCUT2D eigenvalue weighted by molar-refractivity contribution is 6.30. The van der Waals surface area contributed by atoms with Crippen molar-refractivity contribution >= 4 is 64.6 Å². The van der Waals surface area contributed by atoms with Crippen molar-refractivity contribution < 1.29 is 0 Å². The third-order valence-electron chi connectivity index (χ3n) is 10.9. The lowest BCUT2D eigenvalue weighted by atomic mass is 9.86. The summed E-state index contributed by atoms with van der Waals surface area (Å²) in [6.45, 7) is 0. The van der Waals surface area contributed by atoms with Gasteiger partial charge in [0.25, 0.3) is 0 Å². The van der Waals surface area contributed by atoms with Crippen LogP contribution in [0, 0.1) is 0 Å². The molecule has 11 rings (SSSR count). The molecule has 11 aromatic rings. The predicted molar refractivity (Wildman–Crippen MR) is 227 cm³/mol. The number of nitrogens with zero attached hydrogens (tertiary/aromatic N) is 3. The van der Waals surface area contributed by atoms with Crippen molar-refractivity contribution in [3.63, 3.8) is 0 Å². The average molecular weight is 686 g/mol. The average Bonchev–Trinajstić information content (AvgIpc) is 3.26. The van der Waals surface area contributed by atoms with E-state index in [2.05, 4.69) is 152 Å². The van der Waals surface area contributed by atoms with Crippen LogP contribution in [0.3, 0.4) is 0 Å². The normalized spacial score (nSPS) is 11.7. The molecule has 0 aliphatic carbocycles. The lowest BCUT2D eigenvalue weighted by Crippen LogP contribution is -2.00. The standard InChI is InChI=1S/C51H31N3/c1-3-15-32(16-4-1)49-52-50(33-17-5-2-6-18-33)54-51(53-49)35-30-45(48-44-26-14-13-23-40(44)39-22-10-12-25-42(39)47(48)31-35)34-27-28-43-38-21-8-7-19-36(38)37-20-9-11-24-41(37)46(43)29-34/h1-31H. The van der Waals surface area contributed by atoms with E-state index >= 15 is 0 Å². The minimum absolute atomic E-state index is 0.639. The van der Waals surface area contributed by atoms with Gasteiger partial charge in [-0.05, 0) is 94.0 Å². The van der Waals surface area contributed by atoms with Crippen LogP contribution < -0.4 is 0 Å². The highest BCUT2D eigenvalue weighted by Gasteiger charge is 2.19. The molecule has 0 aliphatic heterocycles. The van der Waals surface area contributed by atoms with Gasteiger partial charge in [-0.3, -0.25) is 0 Å². The van der Waals surface area contributed by atoms with Crippen molar-refractivity contribution in [2.45, 2.75) is 0 Å². The maximum atomic E-state index is 5.19. The van der Waals surface area contributed by atoms with E-state index in [0.717, 1.165) is 27.8 Å². The molecule has 0 fully saturated rings. The first-order chi connectivity index (χ1) is 26.8. The van der Waals surface area contributed by atoms with E-state index in [4.69, 9.17) is 15.0 Å². The second-order valence-electron chi connectivity index (χ2n) is 13.9. The first-order valence-electron chi connectivity index (χ1n) is 18.4. The summed E-state index contributed by atoms with van der Waals surface area (Å²) in [5, 5.41) is 14.8. The quantitative estimate of drug-likeness (QED) is 0.173. The Hall–Kier alpha value is -7.23. The van der Waals surface area contributed by atoms with Gasteiger partial charge in [0.05, 0.1) is 0 Å². The van der Waals surface area contributed by atoms with E-state index in [9.17, 15) is 0 Å². The maximum Gasteiger partial charge on any atom is 0.164 e. The molecule has 0 atom stereocenters. The summed E-state index contributed by atoms with van der Waals surface area (Å²) in [6.07, 6.45) is 0. The van der Waals surface area contributed by atoms with Gasteiger partial charge in [0.15, 0.2) is 17.5 Å². The van der Waals surface area contributed by atoms with Crippen LogP contribution in [0.25, 0.3) is 110 Å². The van der Waals surface area contributed by atoms with Crippen molar-refractivity contribution in [2.75, 3.05) is 0 Å². The van der Waals surface area contributed by atoms with Gasteiger partial charge < -0.3 is 0 Å². The molecule has 0 spiro atoms. The van der Waals surface area contributed by atoms with E-state index in [1.165, 1.54) is 64.6 Å². The van der Waals surface area contributed by atoms with Gasteiger partial charge in [-0.15, -0.1) is 0 Å². The van der Waals surface area contributed by atoms with Crippen LogP contribution in [0.4, 0.5) is 0 Å². The van der Waals surface area contributed by atoms with Crippen LogP contribution in [0.1, 0.15) is 0 Å². The fraction of sp³-hybridized carbons (Fsp3) is 0. The fourth-order valence-corrected chi connectivity index (χ4v) is 8.40. The van der Waals surface area contributed by atoms with Gasteiger partial charge in [-0.2, -0.15) is 0 Å². The minimum Gasteiger partial charge on any atom is -0.208 e. The Balaban J connectivity index is 1.27. The molecule has 0 saturated heterocycles. The summed E-state index contributed by atoms with van der Waals surface area (Å²) in [7, 11) is 0. The van der Waals surface area contributed by atoms with E-state index in [0.29, 0.717) is 17.5 Å². The molecule has 10 aromatic carbocycles. The monoisotopic (exact) mass is 685 g/mol. The van der Waals surface area contributed by atoms with Crippen LogP contribution in [0.2, 0.25) is 0 Å². The molecule has 0 unspecified atom stereocenters. The highest BCUT2D eigenvalue weighted by Crippen LogP contribution is 2.44. The zero-order chi connectivity index (χ0) is 35.6. The summed E-state index contributed by atoms with van der Waals surface area (Å²) in [4.78, 5) is 15.4. The Morgan fingerprint density at radius 1 is 0.222 bits per heavy atom. The molecular weight excluding hydrogens is 655 g/mol. The first-order valence-corrected chi connectivity index (χ1v) is 18.4. The maximum absolute atomic E-state index is 5.19. The molecule has 0 saturated carbocycles. The van der Waals surface area contributed by atoms with Crippen LogP contribution in [0.5, 0.6) is 0 Å². The summed E-state index contributed by atoms with van der Waals surface area (Å²) >= 11 is 0. The third-order valence-corrected chi connectivity index (χ3v) is 10.9. The molecule has 54 heavy (non-hydrogen) atoms. The van der Waals surface area contributed by atoms with Gasteiger partial charge in [-0.1, -0.05) is 170 Å². The fourth-order valence-electron chi connectivity index (χ4n) is 8.40. The Bertz CT molecular complexity index is 3170. The Morgan fingerprint density at radius 2 is 0.574 bits per heavy atom. The van der Waals surface area contributed by atoms with Crippen molar-refractivity contribution in [1.29, 1.82) is 0 Å². The third kappa shape index (κ3) is 4.79. The zero-order valence-corrected chi connectivity index (χ0v) is 29.2. The molecule has 0 amide bonds. The molecule has 0 bridgehead atoms. The van der Waals surface area contributed by atoms with Crippen molar-refractivity contribution in [1.82, 2.24) is 15.0 Å². The van der Waals surface area contributed by atoms with Crippen LogP contribution in [0.15, 0.2) is 188 Å². The summed E-state index contributed by atoms with van der Waals surface area (Å²) in [6, 6.07) is 67.1. The molecular formula is C51H31N3. The van der Waals surface area contributed by atoms with E-state index in [1.807, 2.05) is 36.4 Å². The van der Waals surface area contributed by atoms with E-state index in [-0.39, 0.29) is 0 Å². The van der Waals surface area contributed by atoms with Crippen LogP contribution in [-0.4, -0.2) is 15.0 Å². The van der Waals surface area contributed by atoms with E-state index in [1.54, 1.807) is 0 Å². The lowest BCUT2D eigenvalue weighted by molar-refractivity contribution is 1.07. The number of rotatable bonds is 4. The number of hydrogen-bond donors (Lipinski definition) is 0. The second kappa shape index (κ2) is 12.2. The topological polar surface area (TPSA) is 38.7 Å². The van der Waals surface area contributed by atoms with Crippen LogP contribution in [-0.2, 0) is 0 Å². The summed E-state index contributed by atoms with van der Waals surface area (Å²) < 4.78 is 0. The highest BCUT2D eigenvalue weighted by atomic mass is 15.0. The summed E-state index contributed by atoms with van der Waals surface area (Å²) in [5.74, 6) is 1.93. The number of aromatic nitrogens is 3. The van der Waals surface area contributed by atoms with E-state index < -0.39 is 0 Å². The van der Waals surface area contributed by atoms with Gasteiger partial charge >= 0.3 is 0 Å².